The van der Waals surface area contributed by atoms with E-state index < -0.39 is 5.97 Å². The lowest BCUT2D eigenvalue weighted by molar-refractivity contribution is 0.0695. The van der Waals surface area contributed by atoms with Gasteiger partial charge in [-0.1, -0.05) is 34.1 Å². The first-order valence-electron chi connectivity index (χ1n) is 10.4. The molecule has 0 aliphatic carbocycles. The molecule has 0 unspecified atom stereocenters. The fourth-order valence-electron chi connectivity index (χ4n) is 3.89. The summed E-state index contributed by atoms with van der Waals surface area (Å²) in [5, 5.41) is 19.7. The number of nitrogens with zero attached hydrogens (tertiary/aromatic N) is 2. The van der Waals surface area contributed by atoms with E-state index in [2.05, 4.69) is 26.6 Å². The summed E-state index contributed by atoms with van der Waals surface area (Å²) in [5.74, 6) is -0.239. The molecule has 6 nitrogen and oxygen atoms in total. The Labute approximate surface area is 200 Å². The zero-order valence-electron chi connectivity index (χ0n) is 17.8. The Balaban J connectivity index is 1.64. The summed E-state index contributed by atoms with van der Waals surface area (Å²) in [5.41, 5.74) is 10.4. The van der Waals surface area contributed by atoms with Crippen LogP contribution in [0.4, 0.5) is 0 Å². The summed E-state index contributed by atoms with van der Waals surface area (Å²) >= 11 is 3.35. The molecule has 0 radical (unpaired) electrons. The minimum atomic E-state index is -0.957. The normalized spacial score (nSPS) is 10.8. The number of hydrogen-bond donors (Lipinski definition) is 2. The molecule has 1 aromatic heterocycles. The van der Waals surface area contributed by atoms with Gasteiger partial charge in [0.25, 0.3) is 0 Å². The first-order chi connectivity index (χ1) is 16.0. The Morgan fingerprint density at radius 3 is 2.73 bits per heavy atom. The molecule has 4 rings (SSSR count). The van der Waals surface area contributed by atoms with E-state index in [1.165, 1.54) is 0 Å². The highest BCUT2D eigenvalue weighted by atomic mass is 79.9. The second-order valence-corrected chi connectivity index (χ2v) is 8.62. The highest BCUT2D eigenvalue weighted by Gasteiger charge is 2.15. The highest BCUT2D eigenvalue weighted by Crippen LogP contribution is 2.29. The number of nitrogens with two attached hydrogens (primary N) is 1. The molecule has 0 saturated heterocycles. The standard InChI is InChI=1S/C26H22BrN3O3/c27-21-5-4-19(24(11-21)26(31)32)14-30-15-20(8-9-28)23-12-22(6-7-25(23)30)33-16-18-3-1-2-17(10-18)13-29/h1-7,10-12,15H,8-9,14,16,28H2,(H,31,32). The minimum absolute atomic E-state index is 0.270. The minimum Gasteiger partial charge on any atom is -0.489 e. The number of benzene rings is 3. The van der Waals surface area contributed by atoms with Gasteiger partial charge >= 0.3 is 5.97 Å². The van der Waals surface area contributed by atoms with Gasteiger partial charge in [0.05, 0.1) is 17.2 Å². The Morgan fingerprint density at radius 1 is 1.12 bits per heavy atom. The summed E-state index contributed by atoms with van der Waals surface area (Å²) in [6.45, 7) is 1.29. The van der Waals surface area contributed by atoms with Crippen molar-refractivity contribution in [1.82, 2.24) is 4.57 Å². The molecular formula is C26H22BrN3O3. The molecule has 166 valence electrons. The molecule has 4 aromatic rings. The molecule has 0 aliphatic heterocycles. The Bertz CT molecular complexity index is 1370. The van der Waals surface area contributed by atoms with Crippen LogP contribution in [0.1, 0.15) is 32.6 Å². The van der Waals surface area contributed by atoms with Gasteiger partial charge in [0.15, 0.2) is 0 Å². The summed E-state index contributed by atoms with van der Waals surface area (Å²) < 4.78 is 8.77. The van der Waals surface area contributed by atoms with Crippen LogP contribution in [-0.4, -0.2) is 22.2 Å². The van der Waals surface area contributed by atoms with Crippen molar-refractivity contribution in [2.24, 2.45) is 5.73 Å². The number of aromatic nitrogens is 1. The molecule has 33 heavy (non-hydrogen) atoms. The van der Waals surface area contributed by atoms with Gasteiger partial charge in [-0.3, -0.25) is 0 Å². The van der Waals surface area contributed by atoms with Gasteiger partial charge in [-0.2, -0.15) is 5.26 Å². The van der Waals surface area contributed by atoms with Crippen LogP contribution >= 0.6 is 15.9 Å². The zero-order valence-corrected chi connectivity index (χ0v) is 19.4. The van der Waals surface area contributed by atoms with Gasteiger partial charge in [-0.15, -0.1) is 0 Å². The number of nitriles is 1. The third-order valence-electron chi connectivity index (χ3n) is 5.45. The molecule has 0 saturated carbocycles. The van der Waals surface area contributed by atoms with Crippen molar-refractivity contribution in [3.8, 4) is 11.8 Å². The van der Waals surface area contributed by atoms with Crippen molar-refractivity contribution in [1.29, 1.82) is 5.26 Å². The highest BCUT2D eigenvalue weighted by molar-refractivity contribution is 9.10. The smallest absolute Gasteiger partial charge is 0.336 e. The maximum atomic E-state index is 11.7. The van der Waals surface area contributed by atoms with Crippen LogP contribution in [0.15, 0.2) is 71.3 Å². The van der Waals surface area contributed by atoms with Gasteiger partial charge in [-0.25, -0.2) is 4.79 Å². The predicted molar refractivity (Wildman–Crippen MR) is 130 cm³/mol. The second-order valence-electron chi connectivity index (χ2n) is 7.71. The number of aromatic carboxylic acids is 1. The number of carboxylic acid groups (broad SMARTS) is 1. The maximum absolute atomic E-state index is 11.7. The largest absolute Gasteiger partial charge is 0.489 e. The van der Waals surface area contributed by atoms with E-state index >= 15 is 0 Å². The zero-order chi connectivity index (χ0) is 23.4. The van der Waals surface area contributed by atoms with E-state index in [4.69, 9.17) is 15.7 Å². The molecule has 0 amide bonds. The molecule has 7 heteroatoms. The quantitative estimate of drug-likeness (QED) is 0.348. The van der Waals surface area contributed by atoms with Crippen molar-refractivity contribution in [3.63, 3.8) is 0 Å². The van der Waals surface area contributed by atoms with Crippen molar-refractivity contribution >= 4 is 32.8 Å². The summed E-state index contributed by atoms with van der Waals surface area (Å²) in [4.78, 5) is 11.7. The number of halogens is 1. The summed E-state index contributed by atoms with van der Waals surface area (Å²) in [6, 6.07) is 20.7. The van der Waals surface area contributed by atoms with Crippen LogP contribution in [0.5, 0.6) is 5.75 Å². The number of hydrogen-bond acceptors (Lipinski definition) is 4. The van der Waals surface area contributed by atoms with E-state index in [9.17, 15) is 9.90 Å². The number of ether oxygens (including phenoxy) is 1. The average molecular weight is 504 g/mol. The molecule has 3 aromatic carbocycles. The van der Waals surface area contributed by atoms with Crippen LogP contribution in [0.3, 0.4) is 0 Å². The van der Waals surface area contributed by atoms with Crippen LogP contribution < -0.4 is 10.5 Å². The fraction of sp³-hybridized carbons (Fsp3) is 0.154. The summed E-state index contributed by atoms with van der Waals surface area (Å²) in [7, 11) is 0. The van der Waals surface area contributed by atoms with E-state index in [0.29, 0.717) is 31.7 Å². The molecule has 3 N–H and O–H groups in total. The molecule has 0 fully saturated rings. The van der Waals surface area contributed by atoms with Gasteiger partial charge in [-0.05, 0) is 72.1 Å². The monoisotopic (exact) mass is 503 g/mol. The topological polar surface area (TPSA) is 101 Å². The molecule has 0 atom stereocenters. The molecule has 0 aliphatic rings. The van der Waals surface area contributed by atoms with E-state index in [1.54, 1.807) is 12.1 Å². The van der Waals surface area contributed by atoms with E-state index in [-0.39, 0.29) is 5.56 Å². The van der Waals surface area contributed by atoms with Crippen molar-refractivity contribution in [2.75, 3.05) is 6.54 Å². The van der Waals surface area contributed by atoms with Gasteiger partial charge in [0, 0.05) is 28.1 Å². The van der Waals surface area contributed by atoms with Gasteiger partial charge in [0.1, 0.15) is 12.4 Å². The van der Waals surface area contributed by atoms with Crippen LogP contribution in [0.2, 0.25) is 0 Å². The first kappa shape index (κ1) is 22.6. The molecular weight excluding hydrogens is 482 g/mol. The molecule has 0 spiro atoms. The number of carbonyl (C=O) groups is 1. The third kappa shape index (κ3) is 5.08. The second kappa shape index (κ2) is 9.90. The third-order valence-corrected chi connectivity index (χ3v) is 5.95. The van der Waals surface area contributed by atoms with Crippen molar-refractivity contribution in [3.05, 3.63) is 99.2 Å². The lowest BCUT2D eigenvalue weighted by Gasteiger charge is -2.10. The Kier molecular flexibility index (Phi) is 6.78. The van der Waals surface area contributed by atoms with Crippen molar-refractivity contribution in [2.45, 2.75) is 19.6 Å². The van der Waals surface area contributed by atoms with Crippen molar-refractivity contribution < 1.29 is 14.6 Å². The fourth-order valence-corrected chi connectivity index (χ4v) is 4.25. The first-order valence-corrected chi connectivity index (χ1v) is 11.2. The van der Waals surface area contributed by atoms with Gasteiger partial charge < -0.3 is 20.1 Å². The van der Waals surface area contributed by atoms with Crippen LogP contribution in [-0.2, 0) is 19.6 Å². The van der Waals surface area contributed by atoms with Gasteiger partial charge in [0.2, 0.25) is 0 Å². The molecule has 0 bridgehead atoms. The number of carboxylic acids is 1. The average Bonchev–Trinajstić information content (AvgIpc) is 3.15. The molecule has 1 heterocycles. The maximum Gasteiger partial charge on any atom is 0.336 e. The Morgan fingerprint density at radius 2 is 1.97 bits per heavy atom. The SMILES string of the molecule is N#Cc1cccc(COc2ccc3c(c2)c(CCN)cn3Cc2ccc(Br)cc2C(=O)O)c1. The van der Waals surface area contributed by atoms with E-state index in [1.807, 2.05) is 54.7 Å². The Hall–Kier alpha value is -3.60. The lowest BCUT2D eigenvalue weighted by atomic mass is 10.1. The predicted octanol–water partition coefficient (Wildman–Crippen LogP) is 5.10. The van der Waals surface area contributed by atoms with Crippen LogP contribution in [0.25, 0.3) is 10.9 Å². The number of fused-ring (bicyclic) bond motifs is 1. The number of rotatable bonds is 8. The van der Waals surface area contributed by atoms with Crippen LogP contribution in [0, 0.1) is 11.3 Å². The van der Waals surface area contributed by atoms with E-state index in [0.717, 1.165) is 37.8 Å². The summed E-state index contributed by atoms with van der Waals surface area (Å²) in [6.07, 6.45) is 2.73. The lowest BCUT2D eigenvalue weighted by Crippen LogP contribution is -2.07.